The fraction of sp³-hybridized carbons (Fsp3) is 0.118. The summed E-state index contributed by atoms with van der Waals surface area (Å²) in [5.74, 6) is -2.04. The lowest BCUT2D eigenvalue weighted by Crippen LogP contribution is -2.11. The molecule has 0 spiro atoms. The molecule has 22 heavy (non-hydrogen) atoms. The van der Waals surface area contributed by atoms with Gasteiger partial charge in [-0.05, 0) is 36.4 Å². The molecule has 0 aromatic heterocycles. The third-order valence-corrected chi connectivity index (χ3v) is 3.22. The van der Waals surface area contributed by atoms with Crippen molar-refractivity contribution >= 4 is 23.0 Å². The quantitative estimate of drug-likeness (QED) is 0.614. The van der Waals surface area contributed by atoms with Gasteiger partial charge in [-0.25, -0.2) is 8.78 Å². The Bertz CT molecular complexity index is 704. The van der Waals surface area contributed by atoms with Crippen LogP contribution in [0.3, 0.4) is 0 Å². The first-order valence-electron chi connectivity index (χ1n) is 6.53. The van der Waals surface area contributed by atoms with Crippen LogP contribution in [0.1, 0.15) is 15.9 Å². The summed E-state index contributed by atoms with van der Waals surface area (Å²) in [5.41, 5.74) is -0.0841. The molecule has 5 heteroatoms. The molecular weight excluding hydrogens is 308 g/mol. The number of ketones is 1. The summed E-state index contributed by atoms with van der Waals surface area (Å²) in [7, 11) is 3.35. The van der Waals surface area contributed by atoms with Gasteiger partial charge >= 0.3 is 0 Å². The molecule has 0 saturated carbocycles. The molecule has 0 amide bonds. The van der Waals surface area contributed by atoms with Crippen molar-refractivity contribution in [2.24, 2.45) is 0 Å². The summed E-state index contributed by atoms with van der Waals surface area (Å²) < 4.78 is 28.0. The molecule has 0 fully saturated rings. The molecule has 2 aromatic carbocycles. The van der Waals surface area contributed by atoms with Crippen LogP contribution in [0, 0.1) is 11.6 Å². The second-order valence-electron chi connectivity index (χ2n) is 4.94. The smallest absolute Gasteiger partial charge is 0.195 e. The maximum atomic E-state index is 14.0. The van der Waals surface area contributed by atoms with Crippen LogP contribution in [0.15, 0.2) is 48.7 Å². The minimum absolute atomic E-state index is 0.0528. The van der Waals surface area contributed by atoms with Gasteiger partial charge in [-0.1, -0.05) is 17.7 Å². The van der Waals surface area contributed by atoms with Crippen LogP contribution in [0.2, 0.25) is 5.02 Å². The highest BCUT2D eigenvalue weighted by Gasteiger charge is 2.21. The molecule has 0 unspecified atom stereocenters. The van der Waals surface area contributed by atoms with E-state index in [1.807, 2.05) is 0 Å². The Kier molecular flexibility index (Phi) is 4.93. The Labute approximate surface area is 132 Å². The second kappa shape index (κ2) is 6.71. The highest BCUT2D eigenvalue weighted by Crippen LogP contribution is 2.26. The van der Waals surface area contributed by atoms with Crippen molar-refractivity contribution in [3.05, 3.63) is 76.4 Å². The lowest BCUT2D eigenvalue weighted by atomic mass is 9.96. The van der Waals surface area contributed by atoms with Gasteiger partial charge in [0, 0.05) is 30.9 Å². The van der Waals surface area contributed by atoms with Crippen molar-refractivity contribution in [3.63, 3.8) is 0 Å². The first-order valence-corrected chi connectivity index (χ1v) is 6.91. The van der Waals surface area contributed by atoms with E-state index in [0.29, 0.717) is 10.6 Å². The van der Waals surface area contributed by atoms with E-state index in [1.54, 1.807) is 31.1 Å². The first-order chi connectivity index (χ1) is 10.4. The molecule has 2 aromatic rings. The van der Waals surface area contributed by atoms with Gasteiger partial charge in [0.15, 0.2) is 5.78 Å². The van der Waals surface area contributed by atoms with E-state index in [9.17, 15) is 13.6 Å². The molecule has 0 atom stereocenters. The lowest BCUT2D eigenvalue weighted by Gasteiger charge is -2.13. The van der Waals surface area contributed by atoms with Crippen LogP contribution in [-0.2, 0) is 0 Å². The number of benzene rings is 2. The Balaban J connectivity index is 2.57. The number of halogens is 3. The van der Waals surface area contributed by atoms with E-state index < -0.39 is 17.4 Å². The van der Waals surface area contributed by atoms with E-state index in [4.69, 9.17) is 11.6 Å². The molecule has 114 valence electrons. The molecule has 0 bridgehead atoms. The summed E-state index contributed by atoms with van der Waals surface area (Å²) in [5, 5.41) is 0.478. The largest absolute Gasteiger partial charge is 0.383 e. The predicted octanol–water partition coefficient (Wildman–Crippen LogP) is 4.40. The van der Waals surface area contributed by atoms with Gasteiger partial charge in [0.2, 0.25) is 0 Å². The van der Waals surface area contributed by atoms with Crippen molar-refractivity contribution < 1.29 is 13.6 Å². The van der Waals surface area contributed by atoms with Crippen molar-refractivity contribution in [1.82, 2.24) is 4.90 Å². The number of Topliss-reactive ketones (excluding diaryl/α,β-unsaturated/α-hetero) is 1. The van der Waals surface area contributed by atoms with Crippen molar-refractivity contribution in [1.29, 1.82) is 0 Å². The number of nitrogens with zero attached hydrogens (tertiary/aromatic N) is 1. The number of hydrogen-bond donors (Lipinski definition) is 0. The molecule has 0 heterocycles. The van der Waals surface area contributed by atoms with E-state index in [0.717, 1.165) is 12.1 Å². The molecular formula is C17H14ClF2NO. The van der Waals surface area contributed by atoms with E-state index in [-0.39, 0.29) is 11.1 Å². The molecule has 0 N–H and O–H groups in total. The SMILES string of the molecule is CN(C)C=C(C(=O)c1ccc(Cl)cc1)c1c(F)cccc1F. The number of carbonyl (C=O) groups excluding carboxylic acids is 1. The molecule has 0 aliphatic rings. The topological polar surface area (TPSA) is 20.3 Å². The minimum atomic E-state index is -0.782. The van der Waals surface area contributed by atoms with Gasteiger partial charge in [0.05, 0.1) is 11.1 Å². The van der Waals surface area contributed by atoms with Crippen LogP contribution in [0.5, 0.6) is 0 Å². The summed E-state index contributed by atoms with van der Waals surface area (Å²) in [6.07, 6.45) is 1.40. The standard InChI is InChI=1S/C17H14ClF2NO/c1-21(2)10-13(16-14(19)4-3-5-15(16)20)17(22)11-6-8-12(18)9-7-11/h3-10H,1-2H3. The molecule has 0 saturated heterocycles. The molecule has 0 aliphatic carbocycles. The van der Waals surface area contributed by atoms with Gasteiger partial charge in [0.25, 0.3) is 0 Å². The van der Waals surface area contributed by atoms with Gasteiger partial charge in [-0.3, -0.25) is 4.79 Å². The number of hydrogen-bond acceptors (Lipinski definition) is 2. The van der Waals surface area contributed by atoms with E-state index in [2.05, 4.69) is 0 Å². The predicted molar refractivity (Wildman–Crippen MR) is 83.8 cm³/mol. The number of rotatable bonds is 4. The van der Waals surface area contributed by atoms with E-state index in [1.165, 1.54) is 24.4 Å². The average molecular weight is 322 g/mol. The minimum Gasteiger partial charge on any atom is -0.383 e. The highest BCUT2D eigenvalue weighted by molar-refractivity contribution is 6.31. The zero-order valence-corrected chi connectivity index (χ0v) is 12.9. The lowest BCUT2D eigenvalue weighted by molar-refractivity contribution is 0.105. The normalized spacial score (nSPS) is 11.4. The van der Waals surface area contributed by atoms with Gasteiger partial charge in [-0.15, -0.1) is 0 Å². The van der Waals surface area contributed by atoms with E-state index >= 15 is 0 Å². The summed E-state index contributed by atoms with van der Waals surface area (Å²) in [4.78, 5) is 14.2. The Morgan fingerprint density at radius 3 is 2.09 bits per heavy atom. The maximum absolute atomic E-state index is 14.0. The van der Waals surface area contributed by atoms with Crippen LogP contribution in [0.25, 0.3) is 5.57 Å². The average Bonchev–Trinajstić information content (AvgIpc) is 2.45. The monoisotopic (exact) mass is 321 g/mol. The fourth-order valence-electron chi connectivity index (χ4n) is 2.01. The maximum Gasteiger partial charge on any atom is 0.195 e. The van der Waals surface area contributed by atoms with Gasteiger partial charge < -0.3 is 4.90 Å². The Hall–Kier alpha value is -2.20. The Morgan fingerprint density at radius 1 is 1.05 bits per heavy atom. The number of allylic oxidation sites excluding steroid dienone is 1. The summed E-state index contributed by atoms with van der Waals surface area (Å²) in [6.45, 7) is 0. The van der Waals surface area contributed by atoms with Crippen LogP contribution >= 0.6 is 11.6 Å². The fourth-order valence-corrected chi connectivity index (χ4v) is 2.13. The zero-order chi connectivity index (χ0) is 16.3. The number of carbonyl (C=O) groups is 1. The van der Waals surface area contributed by atoms with Gasteiger partial charge in [0.1, 0.15) is 11.6 Å². The van der Waals surface area contributed by atoms with Crippen LogP contribution in [-0.4, -0.2) is 24.8 Å². The summed E-state index contributed by atoms with van der Waals surface area (Å²) in [6, 6.07) is 9.65. The van der Waals surface area contributed by atoms with Crippen molar-refractivity contribution in [3.8, 4) is 0 Å². The Morgan fingerprint density at radius 2 is 1.59 bits per heavy atom. The third-order valence-electron chi connectivity index (χ3n) is 2.97. The summed E-state index contributed by atoms with van der Waals surface area (Å²) >= 11 is 5.79. The van der Waals surface area contributed by atoms with Crippen molar-refractivity contribution in [2.45, 2.75) is 0 Å². The van der Waals surface area contributed by atoms with Crippen LogP contribution < -0.4 is 0 Å². The molecule has 2 nitrogen and oxygen atoms in total. The first kappa shape index (κ1) is 16.2. The zero-order valence-electron chi connectivity index (χ0n) is 12.1. The van der Waals surface area contributed by atoms with Crippen LogP contribution in [0.4, 0.5) is 8.78 Å². The molecule has 0 radical (unpaired) electrons. The highest BCUT2D eigenvalue weighted by atomic mass is 35.5. The van der Waals surface area contributed by atoms with Gasteiger partial charge in [-0.2, -0.15) is 0 Å². The molecule has 2 rings (SSSR count). The van der Waals surface area contributed by atoms with Crippen molar-refractivity contribution in [2.75, 3.05) is 14.1 Å². The molecule has 0 aliphatic heterocycles. The second-order valence-corrected chi connectivity index (χ2v) is 5.38. The third kappa shape index (κ3) is 3.52.